The zero-order valence-corrected chi connectivity index (χ0v) is 5.74. The Morgan fingerprint density at radius 3 is 2.38 bits per heavy atom. The summed E-state index contributed by atoms with van der Waals surface area (Å²) >= 11 is 1.67. The lowest BCUT2D eigenvalue weighted by atomic mass is 10.8. The minimum atomic E-state index is 1.13. The van der Waals surface area contributed by atoms with Crippen LogP contribution in [0, 0.1) is 6.92 Å². The molecule has 0 aliphatic heterocycles. The minimum Gasteiger partial charge on any atom is -0.250 e. The molecule has 0 spiro atoms. The average Bonchev–Trinajstić information content (AvgIpc) is 2.24. The van der Waals surface area contributed by atoms with E-state index in [2.05, 4.69) is 18.1 Å². The third-order valence-corrected chi connectivity index (χ3v) is 1.26. The third kappa shape index (κ3) is 2.53. The summed E-state index contributed by atoms with van der Waals surface area (Å²) in [5.74, 6) is 0. The molecule has 0 aliphatic carbocycles. The van der Waals surface area contributed by atoms with Gasteiger partial charge in [0.05, 0.1) is 5.01 Å². The van der Waals surface area contributed by atoms with Crippen LogP contribution < -0.4 is 0 Å². The van der Waals surface area contributed by atoms with Crippen LogP contribution in [-0.4, -0.2) is 4.98 Å². The second kappa shape index (κ2) is 4.53. The van der Waals surface area contributed by atoms with Gasteiger partial charge >= 0.3 is 0 Å². The third-order valence-electron chi connectivity index (χ3n) is 0.556. The SMILES string of the molecule is C=C.Cc1nccs1. The van der Waals surface area contributed by atoms with Crippen molar-refractivity contribution in [3.8, 4) is 0 Å². The molecule has 0 bridgehead atoms. The van der Waals surface area contributed by atoms with E-state index in [1.165, 1.54) is 0 Å². The molecule has 0 N–H and O–H groups in total. The maximum atomic E-state index is 3.94. The van der Waals surface area contributed by atoms with Crippen LogP contribution in [0.25, 0.3) is 0 Å². The summed E-state index contributed by atoms with van der Waals surface area (Å²) in [6.07, 6.45) is 1.81. The molecule has 1 aromatic heterocycles. The molecule has 0 aliphatic rings. The van der Waals surface area contributed by atoms with E-state index in [0.29, 0.717) is 0 Å². The molecule has 2 heteroatoms. The van der Waals surface area contributed by atoms with E-state index >= 15 is 0 Å². The van der Waals surface area contributed by atoms with Gasteiger partial charge in [0.2, 0.25) is 0 Å². The molecule has 0 aromatic carbocycles. The van der Waals surface area contributed by atoms with Crippen LogP contribution >= 0.6 is 11.3 Å². The molecule has 0 saturated heterocycles. The number of hydrogen-bond acceptors (Lipinski definition) is 2. The van der Waals surface area contributed by atoms with Gasteiger partial charge in [0.25, 0.3) is 0 Å². The van der Waals surface area contributed by atoms with Crippen molar-refractivity contribution in [1.29, 1.82) is 0 Å². The summed E-state index contributed by atoms with van der Waals surface area (Å²) in [6, 6.07) is 0. The second-order valence-electron chi connectivity index (χ2n) is 1.05. The molecule has 1 rings (SSSR count). The lowest BCUT2D eigenvalue weighted by Crippen LogP contribution is -1.56. The van der Waals surface area contributed by atoms with Gasteiger partial charge in [-0.25, -0.2) is 0 Å². The highest BCUT2D eigenvalue weighted by atomic mass is 32.1. The monoisotopic (exact) mass is 127 g/mol. The van der Waals surface area contributed by atoms with Gasteiger partial charge in [-0.3, -0.25) is 4.98 Å². The van der Waals surface area contributed by atoms with Gasteiger partial charge in [0, 0.05) is 11.6 Å². The highest BCUT2D eigenvalue weighted by Gasteiger charge is 1.76. The molecule has 0 fully saturated rings. The first kappa shape index (κ1) is 7.37. The standard InChI is InChI=1S/C4H5NS.C2H4/c1-4-5-2-3-6-4;1-2/h2-3H,1H3;1-2H2. The van der Waals surface area contributed by atoms with Gasteiger partial charge in [0.1, 0.15) is 0 Å². The Morgan fingerprint density at radius 1 is 1.62 bits per heavy atom. The lowest BCUT2D eigenvalue weighted by molar-refractivity contribution is 1.30. The number of aryl methyl sites for hydroxylation is 1. The molecular weight excluding hydrogens is 118 g/mol. The molecule has 1 nitrogen and oxygen atoms in total. The van der Waals surface area contributed by atoms with Crippen LogP contribution in [0.5, 0.6) is 0 Å². The van der Waals surface area contributed by atoms with Gasteiger partial charge in [0.15, 0.2) is 0 Å². The van der Waals surface area contributed by atoms with Crippen molar-refractivity contribution in [1.82, 2.24) is 4.98 Å². The molecule has 0 radical (unpaired) electrons. The quantitative estimate of drug-likeness (QED) is 0.487. The largest absolute Gasteiger partial charge is 0.250 e. The zero-order valence-electron chi connectivity index (χ0n) is 4.92. The Bertz CT molecular complexity index is 123. The molecule has 0 unspecified atom stereocenters. The maximum Gasteiger partial charge on any atom is 0.0893 e. The number of rotatable bonds is 0. The second-order valence-corrected chi connectivity index (χ2v) is 2.15. The van der Waals surface area contributed by atoms with E-state index in [1.54, 1.807) is 17.5 Å². The average molecular weight is 127 g/mol. The molecule has 0 atom stereocenters. The van der Waals surface area contributed by atoms with Crippen molar-refractivity contribution >= 4 is 11.3 Å². The zero-order chi connectivity index (χ0) is 6.41. The Balaban J connectivity index is 0.000000222. The highest BCUT2D eigenvalue weighted by Crippen LogP contribution is 1.98. The predicted octanol–water partition coefficient (Wildman–Crippen LogP) is 2.25. The lowest BCUT2D eigenvalue weighted by Gasteiger charge is -1.65. The molecule has 1 aromatic rings. The van der Waals surface area contributed by atoms with Crippen LogP contribution in [0.3, 0.4) is 0 Å². The van der Waals surface area contributed by atoms with Gasteiger partial charge < -0.3 is 0 Å². The van der Waals surface area contributed by atoms with Crippen LogP contribution in [0.1, 0.15) is 5.01 Å². The van der Waals surface area contributed by atoms with E-state index in [0.717, 1.165) is 5.01 Å². The topological polar surface area (TPSA) is 12.9 Å². The van der Waals surface area contributed by atoms with E-state index < -0.39 is 0 Å². The van der Waals surface area contributed by atoms with Gasteiger partial charge in [-0.1, -0.05) is 0 Å². The van der Waals surface area contributed by atoms with E-state index in [1.807, 2.05) is 12.3 Å². The van der Waals surface area contributed by atoms with Crippen LogP contribution in [-0.2, 0) is 0 Å². The fourth-order valence-electron chi connectivity index (χ4n) is 0.295. The van der Waals surface area contributed by atoms with Crippen molar-refractivity contribution in [3.05, 3.63) is 29.7 Å². The van der Waals surface area contributed by atoms with Crippen molar-refractivity contribution in [2.24, 2.45) is 0 Å². The fraction of sp³-hybridized carbons (Fsp3) is 0.167. The van der Waals surface area contributed by atoms with Crippen LogP contribution in [0.2, 0.25) is 0 Å². The first-order valence-electron chi connectivity index (χ1n) is 2.25. The Labute approximate surface area is 53.7 Å². The molecule has 8 heavy (non-hydrogen) atoms. The van der Waals surface area contributed by atoms with E-state index in [9.17, 15) is 0 Å². The Kier molecular flexibility index (Phi) is 4.17. The Hall–Kier alpha value is -0.630. The smallest absolute Gasteiger partial charge is 0.0893 e. The summed E-state index contributed by atoms with van der Waals surface area (Å²) in [7, 11) is 0. The molecule has 0 amide bonds. The molecule has 1 heterocycles. The van der Waals surface area contributed by atoms with Gasteiger partial charge in [-0.2, -0.15) is 0 Å². The number of hydrogen-bond donors (Lipinski definition) is 0. The first-order chi connectivity index (χ1) is 3.89. The van der Waals surface area contributed by atoms with Gasteiger partial charge in [-0.05, 0) is 6.92 Å². The number of nitrogens with zero attached hydrogens (tertiary/aromatic N) is 1. The van der Waals surface area contributed by atoms with Crippen molar-refractivity contribution < 1.29 is 0 Å². The van der Waals surface area contributed by atoms with Crippen LogP contribution in [0.4, 0.5) is 0 Å². The number of aromatic nitrogens is 1. The maximum absolute atomic E-state index is 3.94. The molecule has 44 valence electrons. The number of thiazole rings is 1. The minimum absolute atomic E-state index is 1.13. The summed E-state index contributed by atoms with van der Waals surface area (Å²) in [5.41, 5.74) is 0. The molecular formula is C6H9NS. The van der Waals surface area contributed by atoms with E-state index in [-0.39, 0.29) is 0 Å². The highest BCUT2D eigenvalue weighted by molar-refractivity contribution is 7.09. The normalized spacial score (nSPS) is 7.12. The summed E-state index contributed by atoms with van der Waals surface area (Å²) in [4.78, 5) is 3.94. The Morgan fingerprint density at radius 2 is 2.25 bits per heavy atom. The van der Waals surface area contributed by atoms with Gasteiger partial charge in [-0.15, -0.1) is 24.5 Å². The fourth-order valence-corrected chi connectivity index (χ4v) is 0.735. The predicted molar refractivity (Wildman–Crippen MR) is 38.1 cm³/mol. The first-order valence-corrected chi connectivity index (χ1v) is 3.13. The summed E-state index contributed by atoms with van der Waals surface area (Å²) < 4.78 is 0. The molecule has 0 saturated carbocycles. The van der Waals surface area contributed by atoms with Crippen LogP contribution in [0.15, 0.2) is 24.7 Å². The van der Waals surface area contributed by atoms with E-state index in [4.69, 9.17) is 0 Å². The summed E-state index contributed by atoms with van der Waals surface area (Å²) in [5, 5.41) is 3.10. The van der Waals surface area contributed by atoms with Crippen molar-refractivity contribution in [3.63, 3.8) is 0 Å². The van der Waals surface area contributed by atoms with Crippen molar-refractivity contribution in [2.75, 3.05) is 0 Å². The summed E-state index contributed by atoms with van der Waals surface area (Å²) in [6.45, 7) is 7.99. The van der Waals surface area contributed by atoms with Crippen molar-refractivity contribution in [2.45, 2.75) is 6.92 Å².